The summed E-state index contributed by atoms with van der Waals surface area (Å²) < 4.78 is 0. The van der Waals surface area contributed by atoms with Crippen LogP contribution >= 0.6 is 0 Å². The molecule has 0 aliphatic carbocycles. The van der Waals surface area contributed by atoms with Crippen molar-refractivity contribution in [3.05, 3.63) is 24.3 Å². The van der Waals surface area contributed by atoms with Gasteiger partial charge in [-0.3, -0.25) is 0 Å². The first-order chi connectivity index (χ1) is 6.76. The fourth-order valence-electron chi connectivity index (χ4n) is 1.72. The third-order valence-corrected chi connectivity index (χ3v) is 2.64. The van der Waals surface area contributed by atoms with Gasteiger partial charge in [0.2, 0.25) is 0 Å². The molecule has 0 aromatic rings. The minimum absolute atomic E-state index is 0.725. The Balaban J connectivity index is 4.03. The quantitative estimate of drug-likeness (QED) is 0.471. The molecule has 0 rings (SSSR count). The van der Waals surface area contributed by atoms with Crippen LogP contribution in [-0.4, -0.2) is 0 Å². The van der Waals surface area contributed by atoms with Crippen LogP contribution in [-0.2, 0) is 0 Å². The molecule has 0 aliphatic rings. The average molecular weight is 194 g/mol. The summed E-state index contributed by atoms with van der Waals surface area (Å²) in [6.07, 6.45) is 12.1. The fraction of sp³-hybridized carbons (Fsp3) is 0.714. The third kappa shape index (κ3) is 6.01. The van der Waals surface area contributed by atoms with Crippen molar-refractivity contribution in [1.29, 1.82) is 0 Å². The van der Waals surface area contributed by atoms with E-state index in [9.17, 15) is 0 Å². The van der Waals surface area contributed by atoms with Crippen LogP contribution in [0.15, 0.2) is 24.3 Å². The molecule has 0 saturated heterocycles. The number of rotatable bonds is 8. The normalized spacial score (nSPS) is 13.4. The van der Waals surface area contributed by atoms with Crippen molar-refractivity contribution in [3.63, 3.8) is 0 Å². The smallest absolute Gasteiger partial charge is 0.0168 e. The molecule has 0 heteroatoms. The molecule has 0 aliphatic heterocycles. The van der Waals surface area contributed by atoms with Gasteiger partial charge in [0.05, 0.1) is 0 Å². The molecule has 0 radical (unpaired) electrons. The van der Waals surface area contributed by atoms with Crippen molar-refractivity contribution in [2.75, 3.05) is 0 Å². The van der Waals surface area contributed by atoms with Gasteiger partial charge in [-0.15, -0.1) is 0 Å². The van der Waals surface area contributed by atoms with Crippen LogP contribution in [0.1, 0.15) is 59.3 Å². The second kappa shape index (κ2) is 9.05. The van der Waals surface area contributed by atoms with Gasteiger partial charge >= 0.3 is 0 Å². The van der Waals surface area contributed by atoms with Crippen molar-refractivity contribution in [1.82, 2.24) is 0 Å². The monoisotopic (exact) mass is 194 g/mol. The number of unbranched alkanes of at least 4 members (excludes halogenated alkanes) is 1. The molecular weight excluding hydrogens is 168 g/mol. The molecule has 0 fully saturated rings. The maximum absolute atomic E-state index is 4.18. The zero-order valence-corrected chi connectivity index (χ0v) is 10.2. The summed E-state index contributed by atoms with van der Waals surface area (Å²) >= 11 is 0. The van der Waals surface area contributed by atoms with Crippen LogP contribution < -0.4 is 0 Å². The minimum Gasteiger partial charge on any atom is -0.0956 e. The summed E-state index contributed by atoms with van der Waals surface area (Å²) in [7, 11) is 0. The largest absolute Gasteiger partial charge is 0.0956 e. The van der Waals surface area contributed by atoms with Crippen LogP contribution in [0, 0.1) is 5.92 Å². The van der Waals surface area contributed by atoms with E-state index in [2.05, 4.69) is 39.5 Å². The van der Waals surface area contributed by atoms with E-state index in [4.69, 9.17) is 0 Å². The van der Waals surface area contributed by atoms with E-state index >= 15 is 0 Å². The van der Waals surface area contributed by atoms with Crippen LogP contribution in [0.2, 0.25) is 0 Å². The van der Waals surface area contributed by atoms with E-state index in [0.717, 1.165) is 12.3 Å². The highest BCUT2D eigenvalue weighted by Gasteiger charge is 2.08. The Hall–Kier alpha value is -0.520. The molecule has 0 bridgehead atoms. The lowest BCUT2D eigenvalue weighted by atomic mass is 9.90. The number of allylic oxidation sites excluding steroid dienone is 3. The summed E-state index contributed by atoms with van der Waals surface area (Å²) in [5.41, 5.74) is 1.34. The van der Waals surface area contributed by atoms with Crippen molar-refractivity contribution >= 4 is 0 Å². The molecule has 1 unspecified atom stereocenters. The van der Waals surface area contributed by atoms with Crippen LogP contribution in [0.3, 0.4) is 0 Å². The van der Waals surface area contributed by atoms with Gasteiger partial charge in [0.1, 0.15) is 0 Å². The van der Waals surface area contributed by atoms with E-state index in [1.54, 1.807) is 0 Å². The molecule has 0 spiro atoms. The van der Waals surface area contributed by atoms with Crippen molar-refractivity contribution in [3.8, 4) is 0 Å². The maximum atomic E-state index is 4.18. The fourth-order valence-corrected chi connectivity index (χ4v) is 1.72. The molecular formula is C14H26. The Morgan fingerprint density at radius 3 is 2.36 bits per heavy atom. The van der Waals surface area contributed by atoms with Gasteiger partial charge in [0.25, 0.3) is 0 Å². The molecule has 0 saturated carbocycles. The lowest BCUT2D eigenvalue weighted by Gasteiger charge is -2.16. The molecule has 0 aromatic heterocycles. The van der Waals surface area contributed by atoms with Gasteiger partial charge in [-0.25, -0.2) is 0 Å². The molecule has 82 valence electrons. The molecule has 0 amide bonds. The van der Waals surface area contributed by atoms with Gasteiger partial charge in [0.15, 0.2) is 0 Å². The van der Waals surface area contributed by atoms with E-state index in [0.29, 0.717) is 0 Å². The molecule has 14 heavy (non-hydrogen) atoms. The molecule has 0 aromatic carbocycles. The van der Waals surface area contributed by atoms with Crippen LogP contribution in [0.4, 0.5) is 0 Å². The predicted octanol–water partition coefficient (Wildman–Crippen LogP) is 5.12. The van der Waals surface area contributed by atoms with Crippen molar-refractivity contribution in [2.24, 2.45) is 5.92 Å². The zero-order chi connectivity index (χ0) is 10.8. The van der Waals surface area contributed by atoms with E-state index in [-0.39, 0.29) is 0 Å². The van der Waals surface area contributed by atoms with E-state index in [1.807, 2.05) is 0 Å². The molecule has 0 N–H and O–H groups in total. The van der Waals surface area contributed by atoms with Gasteiger partial charge in [-0.2, -0.15) is 0 Å². The van der Waals surface area contributed by atoms with Gasteiger partial charge in [-0.1, -0.05) is 64.3 Å². The van der Waals surface area contributed by atoms with Crippen LogP contribution in [0.25, 0.3) is 0 Å². The second-order valence-corrected chi connectivity index (χ2v) is 4.01. The lowest BCUT2D eigenvalue weighted by molar-refractivity contribution is 0.497. The predicted molar refractivity (Wildman–Crippen MR) is 66.5 cm³/mol. The highest BCUT2D eigenvalue weighted by Crippen LogP contribution is 2.23. The molecule has 1 atom stereocenters. The number of hydrogen-bond acceptors (Lipinski definition) is 0. The van der Waals surface area contributed by atoms with Crippen LogP contribution in [0.5, 0.6) is 0 Å². The summed E-state index contributed by atoms with van der Waals surface area (Å²) in [6.45, 7) is 10.9. The number of hydrogen-bond donors (Lipinski definition) is 0. The first-order valence-electron chi connectivity index (χ1n) is 6.11. The zero-order valence-electron chi connectivity index (χ0n) is 10.2. The summed E-state index contributed by atoms with van der Waals surface area (Å²) in [6, 6.07) is 0. The topological polar surface area (TPSA) is 0 Å². The van der Waals surface area contributed by atoms with Gasteiger partial charge in [0, 0.05) is 0 Å². The molecule has 0 nitrogen and oxygen atoms in total. The van der Waals surface area contributed by atoms with Crippen molar-refractivity contribution < 1.29 is 0 Å². The highest BCUT2D eigenvalue weighted by molar-refractivity contribution is 5.17. The molecule has 0 heterocycles. The standard InChI is InChI=1S/C14H26/c1-5-8-11-13(4)14(10-7-3)12-9-6-2/h8,11,14H,4-7,9-10,12H2,1-3H3. The van der Waals surface area contributed by atoms with Gasteiger partial charge < -0.3 is 0 Å². The first kappa shape index (κ1) is 13.5. The van der Waals surface area contributed by atoms with Gasteiger partial charge in [-0.05, 0) is 25.2 Å². The Labute approximate surface area is 90.1 Å². The summed E-state index contributed by atoms with van der Waals surface area (Å²) in [4.78, 5) is 0. The SMILES string of the molecule is C=C(C=CCC)C(CCC)CCCC. The second-order valence-electron chi connectivity index (χ2n) is 4.01. The Morgan fingerprint density at radius 2 is 1.86 bits per heavy atom. The Morgan fingerprint density at radius 1 is 1.14 bits per heavy atom. The van der Waals surface area contributed by atoms with E-state index in [1.165, 1.54) is 37.7 Å². The Kier molecular flexibility index (Phi) is 8.72. The van der Waals surface area contributed by atoms with E-state index < -0.39 is 0 Å². The Bertz CT molecular complexity index is 165. The third-order valence-electron chi connectivity index (χ3n) is 2.64. The highest BCUT2D eigenvalue weighted by atomic mass is 14.1. The lowest BCUT2D eigenvalue weighted by Crippen LogP contribution is -2.01. The minimum atomic E-state index is 0.725. The summed E-state index contributed by atoms with van der Waals surface area (Å²) in [5, 5.41) is 0. The average Bonchev–Trinajstić information content (AvgIpc) is 2.20. The maximum Gasteiger partial charge on any atom is -0.0168 e. The first-order valence-corrected chi connectivity index (χ1v) is 6.11. The summed E-state index contributed by atoms with van der Waals surface area (Å²) in [5.74, 6) is 0.725. The van der Waals surface area contributed by atoms with Crippen molar-refractivity contribution in [2.45, 2.75) is 59.3 Å².